The van der Waals surface area contributed by atoms with Gasteiger partial charge in [0.25, 0.3) is 5.91 Å². The molecule has 6 rings (SSSR count). The first-order valence-corrected chi connectivity index (χ1v) is 18.1. The molecule has 0 spiro atoms. The Morgan fingerprint density at radius 1 is 1.06 bits per heavy atom. The molecule has 3 N–H and O–H groups in total. The lowest BCUT2D eigenvalue weighted by Crippen LogP contribution is -2.58. The van der Waals surface area contributed by atoms with E-state index in [1.807, 2.05) is 12.2 Å². The summed E-state index contributed by atoms with van der Waals surface area (Å²) in [5.74, 6) is -2.26. The quantitative estimate of drug-likeness (QED) is 0.212. The van der Waals surface area contributed by atoms with Crippen molar-refractivity contribution >= 4 is 40.1 Å². The number of hydrogen-bond acceptors (Lipinski definition) is 10. The van der Waals surface area contributed by atoms with Crippen molar-refractivity contribution in [3.63, 3.8) is 0 Å². The third-order valence-electron chi connectivity index (χ3n) is 9.54. The third-order valence-corrected chi connectivity index (χ3v) is 11.4. The molecule has 0 aromatic carbocycles. The Labute approximate surface area is 274 Å². The zero-order chi connectivity index (χ0) is 33.0. The van der Waals surface area contributed by atoms with Crippen LogP contribution in [0.2, 0.25) is 0 Å². The number of amides is 4. The highest BCUT2D eigenvalue weighted by Crippen LogP contribution is 2.46. The summed E-state index contributed by atoms with van der Waals surface area (Å²) in [4.78, 5) is 65.7. The topological polar surface area (TPSA) is 185 Å². The first-order valence-electron chi connectivity index (χ1n) is 16.6. The molecule has 0 bridgehead atoms. The first-order chi connectivity index (χ1) is 22.6. The van der Waals surface area contributed by atoms with Gasteiger partial charge in [0.15, 0.2) is 0 Å². The van der Waals surface area contributed by atoms with Crippen LogP contribution in [0.4, 0.5) is 4.79 Å². The fourth-order valence-corrected chi connectivity index (χ4v) is 7.64. The highest BCUT2D eigenvalue weighted by Gasteiger charge is 2.62. The number of carbonyl (C=O) groups excluding carboxylic acids is 4. The van der Waals surface area contributed by atoms with Crippen LogP contribution in [-0.4, -0.2) is 90.0 Å². The minimum atomic E-state index is -3.86. The number of nitrogens with zero attached hydrogens (tertiary/aromatic N) is 3. The lowest BCUT2D eigenvalue weighted by molar-refractivity contribution is -0.141. The predicted octanol–water partition coefficient (Wildman–Crippen LogP) is 2.05. The summed E-state index contributed by atoms with van der Waals surface area (Å²) in [6, 6.07) is 3.31. The van der Waals surface area contributed by atoms with Crippen LogP contribution >= 0.6 is 0 Å². The molecule has 3 saturated carbocycles. The van der Waals surface area contributed by atoms with E-state index in [0.29, 0.717) is 37.8 Å². The lowest BCUT2D eigenvalue weighted by atomic mass is 9.96. The molecule has 4 fully saturated rings. The standard InChI is InChI=1S/C32H42N6O8S/c39-28-27-17-24(46-34-19-22-10-6-7-16-33-22)20-38(27)29(40)26(35-31(42)45-23-11-8-12-23)13-5-3-1-2-4-9-21-18-32(21,36-28)30(41)37-47(43,44)25-14-15-25/h4,6-7,9-10,16,19,21,23-27H,1-3,5,8,11-15,17-18,20H2,(H,35,42)(H,36,39)(H,37,41)/b9-4-,34-19+/t21-,24-,26+,27+,32+/m1/s1. The van der Waals surface area contributed by atoms with Gasteiger partial charge in [0.1, 0.15) is 29.8 Å². The van der Waals surface area contributed by atoms with E-state index >= 15 is 0 Å². The van der Waals surface area contributed by atoms with Crippen molar-refractivity contribution in [2.24, 2.45) is 11.1 Å². The number of allylic oxidation sites excluding steroid dienone is 1. The summed E-state index contributed by atoms with van der Waals surface area (Å²) < 4.78 is 33.0. The first kappa shape index (κ1) is 32.9. The number of pyridine rings is 1. The smallest absolute Gasteiger partial charge is 0.408 e. The summed E-state index contributed by atoms with van der Waals surface area (Å²) in [5.41, 5.74) is -0.907. The highest BCUT2D eigenvalue weighted by molar-refractivity contribution is 7.91. The molecule has 1 aromatic rings. The number of fused-ring (bicyclic) bond motifs is 2. The van der Waals surface area contributed by atoms with Crippen molar-refractivity contribution in [3.8, 4) is 0 Å². The van der Waals surface area contributed by atoms with E-state index in [1.54, 1.807) is 24.4 Å². The van der Waals surface area contributed by atoms with E-state index in [4.69, 9.17) is 9.57 Å². The van der Waals surface area contributed by atoms with Crippen LogP contribution in [-0.2, 0) is 34.0 Å². The minimum Gasteiger partial charge on any atom is -0.446 e. The Balaban J connectivity index is 1.24. The van der Waals surface area contributed by atoms with Gasteiger partial charge in [-0.2, -0.15) is 0 Å². The fourth-order valence-electron chi connectivity index (χ4n) is 6.28. The van der Waals surface area contributed by atoms with Crippen LogP contribution in [0.5, 0.6) is 0 Å². The van der Waals surface area contributed by atoms with E-state index in [0.717, 1.165) is 32.1 Å². The summed E-state index contributed by atoms with van der Waals surface area (Å²) in [6.07, 6.45) is 12.5. The SMILES string of the molecule is O=C(N[C@H]1CCCCC/C=C\[C@@H]2C[C@]2(C(=O)NS(=O)(=O)C2CC2)NC(=O)[C@@H]2C[C@@H](O/N=C/c3ccccn3)CN2C1=O)OC1CCC1. The highest BCUT2D eigenvalue weighted by atomic mass is 32.2. The van der Waals surface area contributed by atoms with Crippen molar-refractivity contribution in [2.75, 3.05) is 6.54 Å². The van der Waals surface area contributed by atoms with Gasteiger partial charge in [-0.15, -0.1) is 0 Å². The average molecular weight is 671 g/mol. The van der Waals surface area contributed by atoms with Crippen molar-refractivity contribution in [1.29, 1.82) is 0 Å². The maximum atomic E-state index is 14.1. The molecule has 5 aliphatic rings. The van der Waals surface area contributed by atoms with Gasteiger partial charge in [-0.1, -0.05) is 36.2 Å². The molecule has 254 valence electrons. The number of hydrogen-bond donors (Lipinski definition) is 3. The molecule has 3 heterocycles. The van der Waals surface area contributed by atoms with Crippen LogP contribution in [0.15, 0.2) is 41.7 Å². The van der Waals surface area contributed by atoms with Crippen LogP contribution in [0.25, 0.3) is 0 Å². The molecule has 15 heteroatoms. The number of alkyl carbamates (subject to hydrolysis) is 1. The molecular weight excluding hydrogens is 628 g/mol. The van der Waals surface area contributed by atoms with Gasteiger partial charge in [-0.05, 0) is 69.9 Å². The van der Waals surface area contributed by atoms with Crippen molar-refractivity contribution in [1.82, 2.24) is 25.2 Å². The van der Waals surface area contributed by atoms with Crippen molar-refractivity contribution < 1.29 is 37.2 Å². The number of rotatable bonds is 8. The van der Waals surface area contributed by atoms with Gasteiger partial charge in [-0.3, -0.25) is 24.1 Å². The van der Waals surface area contributed by atoms with Crippen LogP contribution < -0.4 is 15.4 Å². The zero-order valence-corrected chi connectivity index (χ0v) is 27.0. The summed E-state index contributed by atoms with van der Waals surface area (Å²) >= 11 is 0. The van der Waals surface area contributed by atoms with E-state index in [-0.39, 0.29) is 25.5 Å². The Hall–Kier alpha value is -4.01. The second-order valence-electron chi connectivity index (χ2n) is 13.1. The molecule has 14 nitrogen and oxygen atoms in total. The molecule has 47 heavy (non-hydrogen) atoms. The molecule has 3 aliphatic carbocycles. The molecule has 0 radical (unpaired) electrons. The predicted molar refractivity (Wildman–Crippen MR) is 169 cm³/mol. The van der Waals surface area contributed by atoms with Crippen LogP contribution in [0.1, 0.15) is 82.7 Å². The molecule has 0 unspecified atom stereocenters. The second-order valence-corrected chi connectivity index (χ2v) is 15.1. The van der Waals surface area contributed by atoms with Gasteiger partial charge in [0, 0.05) is 18.5 Å². The Bertz CT molecular complexity index is 1510. The van der Waals surface area contributed by atoms with Gasteiger partial charge in [0.05, 0.1) is 23.7 Å². The number of carbonyl (C=O) groups is 4. The largest absolute Gasteiger partial charge is 0.446 e. The molecule has 4 amide bonds. The minimum absolute atomic E-state index is 0.00488. The maximum absolute atomic E-state index is 14.1. The average Bonchev–Trinajstić information content (AvgIpc) is 3.95. The molecule has 2 aliphatic heterocycles. The zero-order valence-electron chi connectivity index (χ0n) is 26.2. The third kappa shape index (κ3) is 7.94. The Morgan fingerprint density at radius 2 is 1.89 bits per heavy atom. The van der Waals surface area contributed by atoms with Crippen LogP contribution in [0, 0.1) is 5.92 Å². The summed E-state index contributed by atoms with van der Waals surface area (Å²) in [6.45, 7) is 0.00488. The number of ether oxygens (including phenoxy) is 1. The number of sulfonamides is 1. The van der Waals surface area contributed by atoms with Gasteiger partial charge in [-0.25, -0.2) is 13.2 Å². The van der Waals surface area contributed by atoms with Gasteiger partial charge < -0.3 is 25.1 Å². The molecule has 1 aromatic heterocycles. The second kappa shape index (κ2) is 14.0. The van der Waals surface area contributed by atoms with Crippen LogP contribution in [0.3, 0.4) is 0 Å². The van der Waals surface area contributed by atoms with E-state index in [1.165, 1.54) is 11.1 Å². The van der Waals surface area contributed by atoms with Gasteiger partial charge in [0.2, 0.25) is 21.8 Å². The summed E-state index contributed by atoms with van der Waals surface area (Å²) in [7, 11) is -3.86. The molecular formula is C32H42N6O8S. The number of nitrogens with one attached hydrogen (secondary N) is 3. The molecule has 5 atom stereocenters. The Morgan fingerprint density at radius 3 is 2.62 bits per heavy atom. The number of aromatic nitrogens is 1. The Kier molecular flexibility index (Phi) is 9.80. The fraction of sp³-hybridized carbons (Fsp3) is 0.625. The number of oxime groups is 1. The molecule has 1 saturated heterocycles. The van der Waals surface area contributed by atoms with E-state index in [9.17, 15) is 27.6 Å². The monoisotopic (exact) mass is 670 g/mol. The summed E-state index contributed by atoms with van der Waals surface area (Å²) in [5, 5.41) is 9.01. The van der Waals surface area contributed by atoms with Crippen molar-refractivity contribution in [3.05, 3.63) is 42.2 Å². The normalized spacial score (nSPS) is 30.9. The van der Waals surface area contributed by atoms with E-state index < -0.39 is 68.7 Å². The van der Waals surface area contributed by atoms with Gasteiger partial charge >= 0.3 is 6.09 Å². The van der Waals surface area contributed by atoms with E-state index in [2.05, 4.69) is 25.5 Å². The maximum Gasteiger partial charge on any atom is 0.408 e. The van der Waals surface area contributed by atoms with Crippen molar-refractivity contribution in [2.45, 2.75) is 112 Å². The lowest BCUT2D eigenvalue weighted by Gasteiger charge is -2.30.